The van der Waals surface area contributed by atoms with E-state index in [4.69, 9.17) is 11.6 Å². The normalized spacial score (nSPS) is 10.5. The predicted molar refractivity (Wildman–Crippen MR) is 78.0 cm³/mol. The second-order valence-corrected chi connectivity index (χ2v) is 4.70. The quantitative estimate of drug-likeness (QED) is 0.679. The summed E-state index contributed by atoms with van der Waals surface area (Å²) in [5.74, 6) is 0. The molecule has 1 heterocycles. The number of benzene rings is 2. The van der Waals surface area contributed by atoms with E-state index in [9.17, 15) is 9.70 Å². The molecule has 3 rings (SSSR count). The predicted octanol–water partition coefficient (Wildman–Crippen LogP) is 2.97. The monoisotopic (exact) mass is 305 g/mol. The van der Waals surface area contributed by atoms with Gasteiger partial charge in [0.05, 0.1) is 0 Å². The molecule has 0 atom stereocenters. The molecule has 0 radical (unpaired) electrons. The topological polar surface area (TPSA) is 93.0 Å². The summed E-state index contributed by atoms with van der Waals surface area (Å²) in [6.45, 7) is 0. The number of fused-ring (bicyclic) bond motifs is 1. The van der Waals surface area contributed by atoms with Crippen molar-refractivity contribution in [2.45, 2.75) is 0 Å². The van der Waals surface area contributed by atoms with Crippen molar-refractivity contribution in [2.75, 3.05) is 10.6 Å². The van der Waals surface area contributed by atoms with E-state index in [1.807, 2.05) is 0 Å². The van der Waals surface area contributed by atoms with E-state index >= 15 is 0 Å². The van der Waals surface area contributed by atoms with Gasteiger partial charge in [-0.2, -0.15) is 0 Å². The first kappa shape index (κ1) is 13.2. The van der Waals surface area contributed by atoms with Crippen LogP contribution in [0.1, 0.15) is 0 Å². The molecule has 0 bridgehead atoms. The number of anilines is 2. The molecule has 0 aliphatic carbocycles. The molecule has 0 saturated carbocycles. The minimum Gasteiger partial charge on any atom is -0.308 e. The van der Waals surface area contributed by atoms with Crippen molar-refractivity contribution >= 4 is 40.0 Å². The van der Waals surface area contributed by atoms with Gasteiger partial charge in [-0.1, -0.05) is 21.4 Å². The Labute approximate surface area is 123 Å². The van der Waals surface area contributed by atoms with E-state index in [0.29, 0.717) is 32.0 Å². The highest BCUT2D eigenvalue weighted by Crippen LogP contribution is 2.16. The van der Waals surface area contributed by atoms with Gasteiger partial charge in [0.15, 0.2) is 4.60 Å². The highest BCUT2D eigenvalue weighted by molar-refractivity contribution is 6.30. The molecule has 2 amide bonds. The second kappa shape index (κ2) is 5.29. The van der Waals surface area contributed by atoms with Gasteiger partial charge < -0.3 is 10.6 Å². The molecule has 3 aromatic rings. The smallest absolute Gasteiger partial charge is 0.308 e. The maximum atomic E-state index is 11.9. The molecular weight excluding hydrogens is 296 g/mol. The molecule has 0 aliphatic rings. The SMILES string of the molecule is O=C(Nc1ccc(Cl)cc1)Nc1ccc2c(c1)[nH]o[n+]2=O. The van der Waals surface area contributed by atoms with Crippen molar-refractivity contribution in [1.29, 1.82) is 0 Å². The standard InChI is InChI=1S/C13H9ClN4O3/c14-8-1-3-9(4-2-8)15-13(19)16-10-5-6-12-11(7-10)17-21-18(12)20/h1-7H,(H2-,15,16,17,19,20)/p+1. The van der Waals surface area contributed by atoms with Gasteiger partial charge in [0, 0.05) is 28.5 Å². The van der Waals surface area contributed by atoms with Crippen molar-refractivity contribution in [3.8, 4) is 0 Å². The lowest BCUT2D eigenvalue weighted by Gasteiger charge is -2.07. The van der Waals surface area contributed by atoms with E-state index in [0.717, 1.165) is 0 Å². The van der Waals surface area contributed by atoms with E-state index in [2.05, 4.69) is 20.4 Å². The lowest BCUT2D eigenvalue weighted by atomic mass is 10.3. The van der Waals surface area contributed by atoms with E-state index in [1.54, 1.807) is 42.5 Å². The molecule has 2 aromatic carbocycles. The summed E-state index contributed by atoms with van der Waals surface area (Å²) < 4.78 is 4.93. The summed E-state index contributed by atoms with van der Waals surface area (Å²) in [5, 5.41) is 8.35. The average molecular weight is 306 g/mol. The Morgan fingerprint density at radius 3 is 2.52 bits per heavy atom. The fraction of sp³-hybridized carbons (Fsp3) is 0. The van der Waals surface area contributed by atoms with E-state index in [-0.39, 0.29) is 0 Å². The number of nitrogens with zero attached hydrogens (tertiary/aromatic N) is 1. The molecule has 7 nitrogen and oxygen atoms in total. The zero-order chi connectivity index (χ0) is 14.8. The van der Waals surface area contributed by atoms with E-state index in [1.165, 1.54) is 0 Å². The first-order valence-electron chi connectivity index (χ1n) is 6.00. The minimum atomic E-state index is -0.407. The summed E-state index contributed by atoms with van der Waals surface area (Å²) in [6.07, 6.45) is 0. The number of aromatic nitrogens is 2. The van der Waals surface area contributed by atoms with Gasteiger partial charge >= 0.3 is 6.03 Å². The number of aromatic amines is 1. The number of amides is 2. The van der Waals surface area contributed by atoms with Crippen LogP contribution in [0.4, 0.5) is 16.2 Å². The third-order valence-corrected chi connectivity index (χ3v) is 3.04. The molecule has 0 aliphatic heterocycles. The van der Waals surface area contributed by atoms with Crippen molar-refractivity contribution in [2.24, 2.45) is 0 Å². The summed E-state index contributed by atoms with van der Waals surface area (Å²) >= 11 is 5.77. The molecule has 0 spiro atoms. The molecule has 106 valence electrons. The molecule has 8 heteroatoms. The third-order valence-electron chi connectivity index (χ3n) is 2.79. The maximum absolute atomic E-state index is 11.9. The van der Waals surface area contributed by atoms with Gasteiger partial charge in [-0.05, 0) is 35.2 Å². The van der Waals surface area contributed by atoms with Gasteiger partial charge in [-0.3, -0.25) is 0 Å². The number of carbonyl (C=O) groups is 1. The van der Waals surface area contributed by atoms with Crippen LogP contribution in [0.2, 0.25) is 5.02 Å². The van der Waals surface area contributed by atoms with Crippen LogP contribution in [0.3, 0.4) is 0 Å². The number of hydrogen-bond acceptors (Lipinski definition) is 3. The molecule has 1 aromatic heterocycles. The van der Waals surface area contributed by atoms with Gasteiger partial charge in [-0.25, -0.2) is 4.79 Å². The third kappa shape index (κ3) is 2.87. The molecule has 0 unspecified atom stereocenters. The Balaban J connectivity index is 1.73. The first-order chi connectivity index (χ1) is 10.1. The van der Waals surface area contributed by atoms with Crippen LogP contribution in [0.5, 0.6) is 0 Å². The zero-order valence-corrected chi connectivity index (χ0v) is 11.3. The fourth-order valence-corrected chi connectivity index (χ4v) is 1.95. The van der Waals surface area contributed by atoms with Crippen LogP contribution in [0.25, 0.3) is 11.0 Å². The molecule has 21 heavy (non-hydrogen) atoms. The largest absolute Gasteiger partial charge is 0.323 e. The van der Waals surface area contributed by atoms with Crippen molar-refractivity contribution < 1.29 is 14.0 Å². The highest BCUT2D eigenvalue weighted by Gasteiger charge is 2.11. The van der Waals surface area contributed by atoms with Gasteiger partial charge in [-0.15, -0.1) is 0 Å². The Morgan fingerprint density at radius 1 is 1.10 bits per heavy atom. The molecule has 0 fully saturated rings. The Morgan fingerprint density at radius 2 is 1.76 bits per heavy atom. The van der Waals surface area contributed by atoms with Gasteiger partial charge in [0.1, 0.15) is 0 Å². The van der Waals surface area contributed by atoms with Crippen LogP contribution in [-0.4, -0.2) is 11.2 Å². The summed E-state index contributed by atoms with van der Waals surface area (Å²) in [6, 6.07) is 11.1. The average Bonchev–Trinajstić information content (AvgIpc) is 2.82. The number of urea groups is 1. The lowest BCUT2D eigenvalue weighted by molar-refractivity contribution is -0.692. The van der Waals surface area contributed by atoms with Crippen molar-refractivity contribution in [3.05, 3.63) is 52.4 Å². The number of halogens is 1. The number of nitrogens with one attached hydrogen (secondary N) is 3. The van der Waals surface area contributed by atoms with Crippen molar-refractivity contribution in [3.63, 3.8) is 0 Å². The number of carbonyl (C=O) groups excluding carboxylic acids is 1. The summed E-state index contributed by atoms with van der Waals surface area (Å²) in [5.41, 5.74) is 1.96. The van der Waals surface area contributed by atoms with Crippen LogP contribution >= 0.6 is 11.6 Å². The van der Waals surface area contributed by atoms with E-state index < -0.39 is 6.03 Å². The first-order valence-corrected chi connectivity index (χ1v) is 6.37. The van der Waals surface area contributed by atoms with Crippen LogP contribution in [0.15, 0.2) is 47.1 Å². The fourth-order valence-electron chi connectivity index (χ4n) is 1.82. The maximum Gasteiger partial charge on any atom is 0.323 e. The van der Waals surface area contributed by atoms with Gasteiger partial charge in [0.2, 0.25) is 5.52 Å². The Kier molecular flexibility index (Phi) is 3.33. The lowest BCUT2D eigenvalue weighted by Crippen LogP contribution is -2.19. The highest BCUT2D eigenvalue weighted by atomic mass is 35.5. The number of hydrogen-bond donors (Lipinski definition) is 3. The molecule has 3 N–H and O–H groups in total. The van der Waals surface area contributed by atoms with Crippen molar-refractivity contribution in [1.82, 2.24) is 5.16 Å². The Bertz CT molecular complexity index is 854. The van der Waals surface area contributed by atoms with Gasteiger partial charge in [0.25, 0.3) is 5.52 Å². The molecule has 0 saturated heterocycles. The Hall–Kier alpha value is -2.80. The second-order valence-electron chi connectivity index (χ2n) is 4.27. The number of H-pyrrole nitrogens is 1. The van der Waals surface area contributed by atoms with Crippen LogP contribution in [0, 0.1) is 4.91 Å². The summed E-state index contributed by atoms with van der Waals surface area (Å²) in [7, 11) is 0. The van der Waals surface area contributed by atoms with Crippen LogP contribution < -0.4 is 15.2 Å². The minimum absolute atomic E-state index is 0.346. The molecular formula is C13H10ClN4O3+. The zero-order valence-electron chi connectivity index (χ0n) is 10.6. The summed E-state index contributed by atoms with van der Waals surface area (Å²) in [4.78, 5) is 23.0. The number of rotatable bonds is 2. The van der Waals surface area contributed by atoms with Crippen LogP contribution in [-0.2, 0) is 0 Å².